The minimum atomic E-state index is -0.581. The first-order valence-corrected chi connectivity index (χ1v) is 13.4. The van der Waals surface area contributed by atoms with E-state index in [0.29, 0.717) is 31.0 Å². The Morgan fingerprint density at radius 1 is 0.951 bits per heavy atom. The highest BCUT2D eigenvalue weighted by Gasteiger charge is 2.31. The Hall–Kier alpha value is -5.02. The van der Waals surface area contributed by atoms with Gasteiger partial charge in [0.05, 0.1) is 26.5 Å². The van der Waals surface area contributed by atoms with Crippen molar-refractivity contribution in [2.45, 2.75) is 32.6 Å². The number of tetrazole rings is 1. The van der Waals surface area contributed by atoms with Crippen LogP contribution >= 0.6 is 0 Å². The molecule has 1 N–H and O–H groups in total. The first-order chi connectivity index (χ1) is 20.1. The van der Waals surface area contributed by atoms with Gasteiger partial charge in [0.25, 0.3) is 5.56 Å². The summed E-state index contributed by atoms with van der Waals surface area (Å²) in [5, 5.41) is 13.9. The van der Waals surface area contributed by atoms with Crippen LogP contribution in [0.5, 0.6) is 5.75 Å². The van der Waals surface area contributed by atoms with Crippen LogP contribution in [-0.2, 0) is 19.6 Å². The van der Waals surface area contributed by atoms with Gasteiger partial charge in [0.15, 0.2) is 5.82 Å². The van der Waals surface area contributed by atoms with Gasteiger partial charge in [-0.3, -0.25) is 9.69 Å². The van der Waals surface area contributed by atoms with Gasteiger partial charge in [-0.2, -0.15) is 0 Å². The molecule has 206 valence electrons. The van der Waals surface area contributed by atoms with Gasteiger partial charge in [0.2, 0.25) is 0 Å². The van der Waals surface area contributed by atoms with Crippen molar-refractivity contribution >= 4 is 10.9 Å². The van der Waals surface area contributed by atoms with Crippen LogP contribution in [0.25, 0.3) is 10.9 Å². The molecular weight excluding hydrogens is 516 g/mol. The van der Waals surface area contributed by atoms with E-state index in [4.69, 9.17) is 9.15 Å². The Balaban J connectivity index is 1.50. The van der Waals surface area contributed by atoms with E-state index < -0.39 is 6.04 Å². The number of fused-ring (bicyclic) bond motifs is 1. The average molecular weight is 547 g/mol. The number of benzene rings is 3. The van der Waals surface area contributed by atoms with Crippen molar-refractivity contribution in [3.8, 4) is 5.75 Å². The molecule has 0 bridgehead atoms. The highest BCUT2D eigenvalue weighted by Crippen LogP contribution is 2.30. The Morgan fingerprint density at radius 2 is 1.78 bits per heavy atom. The molecule has 1 atom stereocenters. The lowest BCUT2D eigenvalue weighted by molar-refractivity contribution is 0.179. The summed E-state index contributed by atoms with van der Waals surface area (Å²) in [7, 11) is 1.64. The number of nitrogens with zero attached hydrogens (tertiary/aromatic N) is 5. The Bertz CT molecular complexity index is 1790. The molecule has 3 aromatic heterocycles. The number of aryl methyl sites for hydroxylation is 1. The number of ether oxygens (including phenoxy) is 1. The van der Waals surface area contributed by atoms with Crippen LogP contribution in [-0.4, -0.2) is 37.2 Å². The van der Waals surface area contributed by atoms with Gasteiger partial charge in [0.1, 0.15) is 17.6 Å². The van der Waals surface area contributed by atoms with Crippen molar-refractivity contribution in [3.05, 3.63) is 141 Å². The van der Waals surface area contributed by atoms with E-state index in [2.05, 4.69) is 37.5 Å². The first kappa shape index (κ1) is 26.2. The van der Waals surface area contributed by atoms with Crippen LogP contribution < -0.4 is 10.3 Å². The molecule has 6 rings (SSSR count). The molecule has 9 heteroatoms. The second kappa shape index (κ2) is 11.6. The third kappa shape index (κ3) is 5.80. The summed E-state index contributed by atoms with van der Waals surface area (Å²) in [4.78, 5) is 19.1. The maximum absolute atomic E-state index is 13.8. The van der Waals surface area contributed by atoms with E-state index in [1.807, 2.05) is 85.8 Å². The molecule has 41 heavy (non-hydrogen) atoms. The van der Waals surface area contributed by atoms with E-state index in [9.17, 15) is 4.79 Å². The highest BCUT2D eigenvalue weighted by atomic mass is 16.5. The number of nitrogens with one attached hydrogen (secondary N) is 1. The monoisotopic (exact) mass is 546 g/mol. The number of methoxy groups -OCH3 is 1. The molecule has 0 aliphatic heterocycles. The molecule has 0 spiro atoms. The minimum absolute atomic E-state index is 0.190. The topological polar surface area (TPSA) is 102 Å². The normalized spacial score (nSPS) is 12.2. The van der Waals surface area contributed by atoms with Crippen molar-refractivity contribution in [2.75, 3.05) is 7.11 Å². The molecule has 0 saturated heterocycles. The lowest BCUT2D eigenvalue weighted by Gasteiger charge is -2.30. The summed E-state index contributed by atoms with van der Waals surface area (Å²) in [6.07, 6.45) is 1.66. The maximum atomic E-state index is 13.8. The molecule has 0 aliphatic carbocycles. The molecule has 6 aromatic rings. The van der Waals surface area contributed by atoms with E-state index >= 15 is 0 Å². The average Bonchev–Trinajstić information content (AvgIpc) is 3.67. The fraction of sp³-hybridized carbons (Fsp3) is 0.188. The molecule has 0 fully saturated rings. The Labute approximate surface area is 237 Å². The highest BCUT2D eigenvalue weighted by molar-refractivity contribution is 5.79. The van der Waals surface area contributed by atoms with Crippen LogP contribution in [0.15, 0.2) is 106 Å². The first-order valence-electron chi connectivity index (χ1n) is 13.4. The van der Waals surface area contributed by atoms with Crippen LogP contribution in [0.3, 0.4) is 0 Å². The summed E-state index contributed by atoms with van der Waals surface area (Å²) < 4.78 is 12.8. The number of hydrogen-bond acceptors (Lipinski definition) is 7. The smallest absolute Gasteiger partial charge is 0.253 e. The third-order valence-electron chi connectivity index (χ3n) is 7.15. The van der Waals surface area contributed by atoms with Gasteiger partial charge < -0.3 is 14.1 Å². The number of pyridine rings is 1. The molecule has 3 heterocycles. The van der Waals surface area contributed by atoms with Gasteiger partial charge in [0, 0.05) is 17.6 Å². The number of aromatic amines is 1. The SMILES string of the molecule is COc1ccc(Cn2nnnc2[C@@H](c2cc3ccc(C)cc3[nH]c2=O)N(Cc2ccccc2)Cc2ccco2)cc1. The predicted octanol–water partition coefficient (Wildman–Crippen LogP) is 5.26. The van der Waals surface area contributed by atoms with Crippen molar-refractivity contribution in [2.24, 2.45) is 0 Å². The van der Waals surface area contributed by atoms with Crippen molar-refractivity contribution < 1.29 is 9.15 Å². The summed E-state index contributed by atoms with van der Waals surface area (Å²) in [5.41, 5.74) is 4.31. The molecule has 0 unspecified atom stereocenters. The largest absolute Gasteiger partial charge is 0.497 e. The van der Waals surface area contributed by atoms with Crippen LogP contribution in [0.1, 0.15) is 39.9 Å². The fourth-order valence-corrected chi connectivity index (χ4v) is 5.12. The number of furan rings is 1. The van der Waals surface area contributed by atoms with Crippen molar-refractivity contribution in [3.63, 3.8) is 0 Å². The van der Waals surface area contributed by atoms with Gasteiger partial charge in [-0.15, -0.1) is 5.10 Å². The molecule has 0 amide bonds. The lowest BCUT2D eigenvalue weighted by Crippen LogP contribution is -2.34. The van der Waals surface area contributed by atoms with E-state index in [0.717, 1.165) is 39.1 Å². The summed E-state index contributed by atoms with van der Waals surface area (Å²) in [6.45, 7) is 3.40. The van der Waals surface area contributed by atoms with E-state index in [1.54, 1.807) is 18.1 Å². The number of H-pyrrole nitrogens is 1. The van der Waals surface area contributed by atoms with Crippen LogP contribution in [0, 0.1) is 6.92 Å². The Kier molecular flexibility index (Phi) is 7.42. The molecule has 0 saturated carbocycles. The van der Waals surface area contributed by atoms with E-state index in [-0.39, 0.29) is 5.56 Å². The zero-order valence-electron chi connectivity index (χ0n) is 22.9. The zero-order valence-corrected chi connectivity index (χ0v) is 22.9. The number of hydrogen-bond donors (Lipinski definition) is 1. The van der Waals surface area contributed by atoms with Crippen LogP contribution in [0.4, 0.5) is 0 Å². The number of aromatic nitrogens is 5. The standard InChI is InChI=1S/C32H30N6O3/c1-22-10-13-25-18-28(32(39)33-29(25)17-22)30(31-34-35-36-38(31)20-24-11-14-26(40-2)15-12-24)37(21-27-9-6-16-41-27)19-23-7-4-3-5-8-23/h3-18,30H,19-21H2,1-2H3,(H,33,39)/t30-/m1/s1. The summed E-state index contributed by atoms with van der Waals surface area (Å²) in [5.74, 6) is 2.10. The van der Waals surface area contributed by atoms with Gasteiger partial charge >= 0.3 is 0 Å². The van der Waals surface area contributed by atoms with Crippen LogP contribution in [0.2, 0.25) is 0 Å². The van der Waals surface area contributed by atoms with Gasteiger partial charge in [-0.05, 0) is 75.8 Å². The second-order valence-electron chi connectivity index (χ2n) is 10.1. The van der Waals surface area contributed by atoms with Crippen molar-refractivity contribution in [1.82, 2.24) is 30.1 Å². The summed E-state index contributed by atoms with van der Waals surface area (Å²) >= 11 is 0. The minimum Gasteiger partial charge on any atom is -0.497 e. The summed E-state index contributed by atoms with van der Waals surface area (Å²) in [6, 6.07) is 29.1. The quantitative estimate of drug-likeness (QED) is 0.250. The molecule has 0 aliphatic rings. The predicted molar refractivity (Wildman–Crippen MR) is 155 cm³/mol. The zero-order chi connectivity index (χ0) is 28.2. The maximum Gasteiger partial charge on any atom is 0.253 e. The number of rotatable bonds is 10. The molecule has 0 radical (unpaired) electrons. The third-order valence-corrected chi connectivity index (χ3v) is 7.15. The lowest BCUT2D eigenvalue weighted by atomic mass is 10.0. The van der Waals surface area contributed by atoms with Gasteiger partial charge in [-0.25, -0.2) is 4.68 Å². The molecule has 3 aromatic carbocycles. The second-order valence-corrected chi connectivity index (χ2v) is 10.1. The fourth-order valence-electron chi connectivity index (χ4n) is 5.12. The van der Waals surface area contributed by atoms with Gasteiger partial charge in [-0.1, -0.05) is 54.6 Å². The van der Waals surface area contributed by atoms with Crippen molar-refractivity contribution in [1.29, 1.82) is 0 Å². The Morgan fingerprint density at radius 3 is 2.54 bits per heavy atom. The van der Waals surface area contributed by atoms with E-state index in [1.165, 1.54) is 0 Å². The molecular formula is C32H30N6O3. The molecule has 9 nitrogen and oxygen atoms in total.